The van der Waals surface area contributed by atoms with Crippen LogP contribution in [-0.2, 0) is 10.0 Å². The Morgan fingerprint density at radius 3 is 2.17 bits per heavy atom. The lowest BCUT2D eigenvalue weighted by Gasteiger charge is -2.21. The van der Waals surface area contributed by atoms with Gasteiger partial charge in [-0.3, -0.25) is 4.79 Å². The number of amides is 1. The number of aromatic nitrogens is 1. The largest absolute Gasteiger partial charge is 0.321 e. The van der Waals surface area contributed by atoms with Gasteiger partial charge < -0.3 is 5.32 Å². The van der Waals surface area contributed by atoms with E-state index in [2.05, 4.69) is 15.0 Å². The zero-order valence-electron chi connectivity index (χ0n) is 19.4. The topological polar surface area (TPSA) is 88.2 Å². The second kappa shape index (κ2) is 9.91. The summed E-state index contributed by atoms with van der Waals surface area (Å²) in [4.78, 5) is 17.9. The molecule has 2 N–H and O–H groups in total. The van der Waals surface area contributed by atoms with Gasteiger partial charge in [-0.1, -0.05) is 83.6 Å². The van der Waals surface area contributed by atoms with E-state index in [1.165, 1.54) is 0 Å². The molecule has 180 valence electrons. The fraction of sp³-hybridized carbons (Fsp3) is 0.154. The van der Waals surface area contributed by atoms with E-state index in [4.69, 9.17) is 11.6 Å². The van der Waals surface area contributed by atoms with Crippen molar-refractivity contribution in [3.8, 4) is 22.4 Å². The van der Waals surface area contributed by atoms with Crippen LogP contribution in [0.2, 0.25) is 4.47 Å². The van der Waals surface area contributed by atoms with Crippen molar-refractivity contribution in [1.29, 1.82) is 0 Å². The lowest BCUT2D eigenvalue weighted by Crippen LogP contribution is -2.40. The van der Waals surface area contributed by atoms with Crippen LogP contribution in [0.3, 0.4) is 0 Å². The molecule has 9 heteroatoms. The molecule has 3 aromatic carbocycles. The predicted octanol–water partition coefficient (Wildman–Crippen LogP) is 6.46. The number of carbonyl (C=O) groups is 1. The van der Waals surface area contributed by atoms with Gasteiger partial charge in [0.15, 0.2) is 4.47 Å². The molecule has 1 aromatic heterocycles. The molecule has 6 nitrogen and oxygen atoms in total. The fourth-order valence-electron chi connectivity index (χ4n) is 3.56. The number of thiazole rings is 1. The predicted molar refractivity (Wildman–Crippen MR) is 142 cm³/mol. The molecule has 0 aliphatic carbocycles. The van der Waals surface area contributed by atoms with E-state index in [-0.39, 0.29) is 15.3 Å². The molecule has 0 aliphatic rings. The highest BCUT2D eigenvalue weighted by molar-refractivity contribution is 7.89. The maximum Gasteiger partial charge on any atom is 0.268 e. The molecule has 0 saturated carbocycles. The number of rotatable bonds is 6. The molecular weight excluding hydrogens is 502 g/mol. The lowest BCUT2D eigenvalue weighted by atomic mass is 10.1. The highest BCUT2D eigenvalue weighted by Crippen LogP contribution is 2.32. The van der Waals surface area contributed by atoms with Crippen molar-refractivity contribution < 1.29 is 13.2 Å². The summed E-state index contributed by atoms with van der Waals surface area (Å²) in [6.07, 6.45) is 0. The molecule has 0 bridgehead atoms. The van der Waals surface area contributed by atoms with Crippen LogP contribution in [0.25, 0.3) is 22.4 Å². The number of sulfonamides is 1. The average molecular weight is 526 g/mol. The maximum atomic E-state index is 13.0. The van der Waals surface area contributed by atoms with E-state index in [1.807, 2.05) is 30.3 Å². The van der Waals surface area contributed by atoms with Crippen molar-refractivity contribution in [2.24, 2.45) is 0 Å². The first-order valence-corrected chi connectivity index (χ1v) is 13.5. The quantitative estimate of drug-likeness (QED) is 0.302. The van der Waals surface area contributed by atoms with Crippen molar-refractivity contribution in [2.75, 3.05) is 5.32 Å². The molecule has 0 atom stereocenters. The van der Waals surface area contributed by atoms with E-state index in [1.54, 1.807) is 69.3 Å². The summed E-state index contributed by atoms with van der Waals surface area (Å²) < 4.78 is 28.9. The Kier molecular flexibility index (Phi) is 7.10. The Labute approximate surface area is 214 Å². The van der Waals surface area contributed by atoms with E-state index in [0.29, 0.717) is 27.4 Å². The van der Waals surface area contributed by atoms with E-state index < -0.39 is 15.6 Å². The first-order valence-electron chi connectivity index (χ1n) is 10.8. The standard InChI is InChI=1S/C26H24ClN3O3S2/c1-26(2,3)30-35(32,33)21-12-8-7-11-20(21)17-13-15-19(16-14-17)28-24(31)23-22(29-25(27)34-23)18-9-5-4-6-10-18/h4-16,30H,1-3H3,(H,28,31). The van der Waals surface area contributed by atoms with Gasteiger partial charge in [-0.15, -0.1) is 0 Å². The number of benzene rings is 3. The highest BCUT2D eigenvalue weighted by Gasteiger charge is 2.25. The number of halogens is 1. The SMILES string of the molecule is CC(C)(C)NS(=O)(=O)c1ccccc1-c1ccc(NC(=O)c2sc(Cl)nc2-c2ccccc2)cc1. The van der Waals surface area contributed by atoms with Gasteiger partial charge in [-0.2, -0.15) is 0 Å². The molecule has 0 spiro atoms. The molecule has 0 aliphatic heterocycles. The molecule has 0 fully saturated rings. The number of hydrogen-bond acceptors (Lipinski definition) is 5. The minimum Gasteiger partial charge on any atom is -0.321 e. The van der Waals surface area contributed by atoms with Crippen molar-refractivity contribution in [3.05, 3.63) is 88.2 Å². The van der Waals surface area contributed by atoms with Crippen LogP contribution < -0.4 is 10.0 Å². The molecular formula is C26H24ClN3O3S2. The lowest BCUT2D eigenvalue weighted by molar-refractivity contribution is 0.103. The average Bonchev–Trinajstić information content (AvgIpc) is 3.20. The second-order valence-corrected chi connectivity index (χ2v) is 12.1. The van der Waals surface area contributed by atoms with Crippen LogP contribution in [0, 0.1) is 0 Å². The van der Waals surface area contributed by atoms with Gasteiger partial charge in [0.05, 0.1) is 10.6 Å². The Morgan fingerprint density at radius 2 is 1.51 bits per heavy atom. The van der Waals surface area contributed by atoms with Gasteiger partial charge in [0.1, 0.15) is 4.88 Å². The summed E-state index contributed by atoms with van der Waals surface area (Å²) in [6.45, 7) is 5.39. The third-order valence-electron chi connectivity index (χ3n) is 4.93. The van der Waals surface area contributed by atoms with Crippen LogP contribution >= 0.6 is 22.9 Å². The number of anilines is 1. The molecule has 35 heavy (non-hydrogen) atoms. The van der Waals surface area contributed by atoms with Crippen molar-refractivity contribution >= 4 is 44.6 Å². The minimum atomic E-state index is -3.73. The first-order chi connectivity index (χ1) is 16.5. The molecule has 1 heterocycles. The summed E-state index contributed by atoms with van der Waals surface area (Å²) in [7, 11) is -3.73. The van der Waals surface area contributed by atoms with Crippen LogP contribution in [-0.4, -0.2) is 24.8 Å². The molecule has 1 amide bonds. The number of carbonyl (C=O) groups excluding carboxylic acids is 1. The van der Waals surface area contributed by atoms with Gasteiger partial charge in [-0.25, -0.2) is 18.1 Å². The van der Waals surface area contributed by atoms with Crippen LogP contribution in [0.4, 0.5) is 5.69 Å². The molecule has 4 aromatic rings. The molecule has 4 rings (SSSR count). The Bertz CT molecular complexity index is 1460. The monoisotopic (exact) mass is 525 g/mol. The summed E-state index contributed by atoms with van der Waals surface area (Å²) in [6, 6.07) is 23.2. The maximum absolute atomic E-state index is 13.0. The zero-order chi connectivity index (χ0) is 25.2. The zero-order valence-corrected chi connectivity index (χ0v) is 21.8. The third-order valence-corrected chi connectivity index (χ3v) is 7.90. The van der Waals surface area contributed by atoms with Crippen LogP contribution in [0.15, 0.2) is 83.8 Å². The normalized spacial score (nSPS) is 11.9. The Balaban J connectivity index is 1.59. The number of hydrogen-bond donors (Lipinski definition) is 2. The number of nitrogens with one attached hydrogen (secondary N) is 2. The van der Waals surface area contributed by atoms with Crippen molar-refractivity contribution in [3.63, 3.8) is 0 Å². The van der Waals surface area contributed by atoms with Gasteiger partial charge in [0, 0.05) is 22.4 Å². The first kappa shape index (κ1) is 25.1. The van der Waals surface area contributed by atoms with E-state index in [9.17, 15) is 13.2 Å². The summed E-state index contributed by atoms with van der Waals surface area (Å²) in [5, 5.41) is 2.88. The molecule has 0 radical (unpaired) electrons. The highest BCUT2D eigenvalue weighted by atomic mass is 35.5. The van der Waals surface area contributed by atoms with Crippen LogP contribution in [0.1, 0.15) is 30.4 Å². The second-order valence-electron chi connectivity index (χ2n) is 8.89. The van der Waals surface area contributed by atoms with E-state index in [0.717, 1.165) is 16.9 Å². The summed E-state index contributed by atoms with van der Waals surface area (Å²) in [5.41, 5.74) is 2.57. The third kappa shape index (κ3) is 5.97. The fourth-order valence-corrected chi connectivity index (χ4v) is 6.23. The summed E-state index contributed by atoms with van der Waals surface area (Å²) in [5.74, 6) is -0.321. The van der Waals surface area contributed by atoms with Crippen molar-refractivity contribution in [1.82, 2.24) is 9.71 Å². The van der Waals surface area contributed by atoms with E-state index >= 15 is 0 Å². The van der Waals surface area contributed by atoms with Gasteiger partial charge in [0.25, 0.3) is 5.91 Å². The van der Waals surface area contributed by atoms with Gasteiger partial charge >= 0.3 is 0 Å². The summed E-state index contributed by atoms with van der Waals surface area (Å²) >= 11 is 7.23. The number of nitrogens with zero attached hydrogens (tertiary/aromatic N) is 1. The van der Waals surface area contributed by atoms with Crippen LogP contribution in [0.5, 0.6) is 0 Å². The molecule has 0 unspecified atom stereocenters. The molecule has 0 saturated heterocycles. The van der Waals surface area contributed by atoms with Crippen molar-refractivity contribution in [2.45, 2.75) is 31.2 Å². The van der Waals surface area contributed by atoms with Gasteiger partial charge in [0.2, 0.25) is 10.0 Å². The smallest absolute Gasteiger partial charge is 0.268 e. The Hall–Kier alpha value is -3.04. The minimum absolute atomic E-state index is 0.193. The Morgan fingerprint density at radius 1 is 0.886 bits per heavy atom. The van der Waals surface area contributed by atoms with Gasteiger partial charge in [-0.05, 0) is 44.5 Å².